The summed E-state index contributed by atoms with van der Waals surface area (Å²) in [6.45, 7) is 1.58. The van der Waals surface area contributed by atoms with Crippen molar-refractivity contribution in [2.45, 2.75) is 38.1 Å². The quantitative estimate of drug-likeness (QED) is 0.837. The zero-order chi connectivity index (χ0) is 14.2. The largest absolute Gasteiger partial charge is 0.383 e. The second-order valence-corrected chi connectivity index (χ2v) is 5.66. The number of benzene rings is 1. The minimum Gasteiger partial charge on any atom is -0.383 e. The van der Waals surface area contributed by atoms with Crippen LogP contribution in [0.4, 0.5) is 5.69 Å². The molecule has 1 fully saturated rings. The molecule has 1 aromatic rings. The van der Waals surface area contributed by atoms with Crippen molar-refractivity contribution < 1.29 is 4.74 Å². The van der Waals surface area contributed by atoms with Gasteiger partial charge in [-0.25, -0.2) is 0 Å². The average Bonchev–Trinajstić information content (AvgIpc) is 2.50. The Balaban J connectivity index is 1.99. The third-order valence-corrected chi connectivity index (χ3v) is 4.17. The van der Waals surface area contributed by atoms with Crippen molar-refractivity contribution in [1.29, 1.82) is 0 Å². The van der Waals surface area contributed by atoms with Gasteiger partial charge in [0.05, 0.1) is 6.61 Å². The molecule has 0 aliphatic heterocycles. The molecule has 3 nitrogen and oxygen atoms in total. The molecule has 1 aliphatic carbocycles. The van der Waals surface area contributed by atoms with Gasteiger partial charge in [-0.2, -0.15) is 0 Å². The summed E-state index contributed by atoms with van der Waals surface area (Å²) in [5.41, 5.74) is 1.05. The molecule has 1 aromatic carbocycles. The standard InChI is InChI=1S/C16H24N2OS/c1-19-13-12-18(15-10-6-3-7-11-15)16(20)17-14-8-4-2-5-9-14/h2,4-5,8-9,15H,3,6-7,10-13H2,1H3,(H,17,20). The molecule has 0 saturated heterocycles. The summed E-state index contributed by atoms with van der Waals surface area (Å²) in [7, 11) is 1.74. The van der Waals surface area contributed by atoms with Crippen LogP contribution < -0.4 is 5.32 Å². The van der Waals surface area contributed by atoms with Gasteiger partial charge >= 0.3 is 0 Å². The predicted octanol–water partition coefficient (Wildman–Crippen LogP) is 3.66. The first-order valence-corrected chi connectivity index (χ1v) is 7.83. The first kappa shape index (κ1) is 15.3. The number of nitrogens with zero attached hydrogens (tertiary/aromatic N) is 1. The molecular weight excluding hydrogens is 268 g/mol. The lowest BCUT2D eigenvalue weighted by atomic mass is 9.94. The highest BCUT2D eigenvalue weighted by Crippen LogP contribution is 2.23. The van der Waals surface area contributed by atoms with Gasteiger partial charge in [-0.3, -0.25) is 0 Å². The van der Waals surface area contributed by atoms with Crippen LogP contribution in [0.3, 0.4) is 0 Å². The molecule has 4 heteroatoms. The van der Waals surface area contributed by atoms with Gasteiger partial charge < -0.3 is 15.0 Å². The highest BCUT2D eigenvalue weighted by atomic mass is 32.1. The van der Waals surface area contributed by atoms with Crippen LogP contribution in [0.1, 0.15) is 32.1 Å². The van der Waals surface area contributed by atoms with Gasteiger partial charge in [0.25, 0.3) is 0 Å². The number of hydrogen-bond donors (Lipinski definition) is 1. The van der Waals surface area contributed by atoms with E-state index in [2.05, 4.69) is 10.2 Å². The van der Waals surface area contributed by atoms with E-state index < -0.39 is 0 Å². The van der Waals surface area contributed by atoms with E-state index in [1.165, 1.54) is 32.1 Å². The van der Waals surface area contributed by atoms with Gasteiger partial charge in [0.15, 0.2) is 5.11 Å². The average molecular weight is 292 g/mol. The fraction of sp³-hybridized carbons (Fsp3) is 0.562. The van der Waals surface area contributed by atoms with Gasteiger partial charge in [0.2, 0.25) is 0 Å². The lowest BCUT2D eigenvalue weighted by Crippen LogP contribution is -2.45. The summed E-state index contributed by atoms with van der Waals surface area (Å²) >= 11 is 5.61. The number of methoxy groups -OCH3 is 1. The summed E-state index contributed by atoms with van der Waals surface area (Å²) < 4.78 is 5.23. The number of hydrogen-bond acceptors (Lipinski definition) is 2. The van der Waals surface area contributed by atoms with Gasteiger partial charge in [0.1, 0.15) is 0 Å². The minimum atomic E-state index is 0.558. The number of thiocarbonyl (C=S) groups is 1. The Bertz CT molecular complexity index is 404. The maximum Gasteiger partial charge on any atom is 0.173 e. The fourth-order valence-electron chi connectivity index (χ4n) is 2.75. The second kappa shape index (κ2) is 8.22. The van der Waals surface area contributed by atoms with Gasteiger partial charge in [0, 0.05) is 25.4 Å². The van der Waals surface area contributed by atoms with Crippen molar-refractivity contribution in [1.82, 2.24) is 4.90 Å². The van der Waals surface area contributed by atoms with E-state index in [9.17, 15) is 0 Å². The summed E-state index contributed by atoms with van der Waals surface area (Å²) in [6, 6.07) is 10.7. The van der Waals surface area contributed by atoms with E-state index in [1.807, 2.05) is 30.3 Å². The maximum atomic E-state index is 5.61. The van der Waals surface area contributed by atoms with E-state index in [4.69, 9.17) is 17.0 Å². The Morgan fingerprint density at radius 3 is 2.60 bits per heavy atom. The van der Waals surface area contributed by atoms with Crippen molar-refractivity contribution in [2.24, 2.45) is 0 Å². The molecule has 0 heterocycles. The number of nitrogens with one attached hydrogen (secondary N) is 1. The lowest BCUT2D eigenvalue weighted by molar-refractivity contribution is 0.150. The Hall–Kier alpha value is -1.13. The van der Waals surface area contributed by atoms with Crippen LogP contribution >= 0.6 is 12.2 Å². The van der Waals surface area contributed by atoms with Crippen LogP contribution in [0.5, 0.6) is 0 Å². The highest BCUT2D eigenvalue weighted by molar-refractivity contribution is 7.80. The van der Waals surface area contributed by atoms with E-state index in [-0.39, 0.29) is 0 Å². The highest BCUT2D eigenvalue weighted by Gasteiger charge is 2.22. The molecular formula is C16H24N2OS. The first-order chi connectivity index (χ1) is 9.81. The Kier molecular flexibility index (Phi) is 6.27. The van der Waals surface area contributed by atoms with Crippen LogP contribution in [0.2, 0.25) is 0 Å². The third kappa shape index (κ3) is 4.46. The van der Waals surface area contributed by atoms with Crippen molar-refractivity contribution >= 4 is 23.0 Å². The van der Waals surface area contributed by atoms with Gasteiger partial charge in [-0.1, -0.05) is 37.5 Å². The van der Waals surface area contributed by atoms with E-state index in [1.54, 1.807) is 7.11 Å². The number of rotatable bonds is 5. The SMILES string of the molecule is COCCN(C(=S)Nc1ccccc1)C1CCCCC1. The number of para-hydroxylation sites is 1. The summed E-state index contributed by atoms with van der Waals surface area (Å²) in [5.74, 6) is 0. The molecule has 2 rings (SSSR count). The number of ether oxygens (including phenoxy) is 1. The first-order valence-electron chi connectivity index (χ1n) is 7.43. The van der Waals surface area contributed by atoms with E-state index >= 15 is 0 Å². The van der Waals surface area contributed by atoms with Crippen LogP contribution in [0, 0.1) is 0 Å². The molecule has 0 spiro atoms. The van der Waals surface area contributed by atoms with E-state index in [0.29, 0.717) is 12.6 Å². The molecule has 1 saturated carbocycles. The molecule has 110 valence electrons. The molecule has 0 amide bonds. The maximum absolute atomic E-state index is 5.61. The fourth-order valence-corrected chi connectivity index (χ4v) is 3.11. The molecule has 20 heavy (non-hydrogen) atoms. The Morgan fingerprint density at radius 2 is 1.95 bits per heavy atom. The van der Waals surface area contributed by atoms with E-state index in [0.717, 1.165) is 17.3 Å². The monoisotopic (exact) mass is 292 g/mol. The van der Waals surface area contributed by atoms with Crippen molar-refractivity contribution in [3.05, 3.63) is 30.3 Å². The Labute approximate surface area is 127 Å². The van der Waals surface area contributed by atoms with Crippen LogP contribution in [-0.4, -0.2) is 36.3 Å². The molecule has 0 bridgehead atoms. The second-order valence-electron chi connectivity index (χ2n) is 5.27. The molecule has 0 radical (unpaired) electrons. The molecule has 0 aromatic heterocycles. The smallest absolute Gasteiger partial charge is 0.173 e. The van der Waals surface area contributed by atoms with Crippen LogP contribution in [0.15, 0.2) is 30.3 Å². The topological polar surface area (TPSA) is 24.5 Å². The molecule has 1 aliphatic rings. The van der Waals surface area contributed by atoms with Crippen molar-refractivity contribution in [3.8, 4) is 0 Å². The predicted molar refractivity (Wildman–Crippen MR) is 88.1 cm³/mol. The third-order valence-electron chi connectivity index (χ3n) is 3.84. The molecule has 0 unspecified atom stereocenters. The Morgan fingerprint density at radius 1 is 1.25 bits per heavy atom. The zero-order valence-electron chi connectivity index (χ0n) is 12.2. The molecule has 1 N–H and O–H groups in total. The lowest BCUT2D eigenvalue weighted by Gasteiger charge is -2.36. The van der Waals surface area contributed by atoms with Gasteiger partial charge in [-0.15, -0.1) is 0 Å². The zero-order valence-corrected chi connectivity index (χ0v) is 13.0. The summed E-state index contributed by atoms with van der Waals surface area (Å²) in [4.78, 5) is 2.31. The molecule has 0 atom stereocenters. The van der Waals surface area contributed by atoms with Crippen LogP contribution in [-0.2, 0) is 4.74 Å². The van der Waals surface area contributed by atoms with Crippen LogP contribution in [0.25, 0.3) is 0 Å². The summed E-state index contributed by atoms with van der Waals surface area (Å²) in [5, 5.41) is 4.17. The number of anilines is 1. The van der Waals surface area contributed by atoms with Crippen molar-refractivity contribution in [3.63, 3.8) is 0 Å². The minimum absolute atomic E-state index is 0.558. The summed E-state index contributed by atoms with van der Waals surface area (Å²) in [6.07, 6.45) is 6.44. The van der Waals surface area contributed by atoms with Gasteiger partial charge in [-0.05, 0) is 37.2 Å². The normalized spacial score (nSPS) is 15.8. The van der Waals surface area contributed by atoms with Crippen molar-refractivity contribution in [2.75, 3.05) is 25.6 Å².